The number of amides is 1. The number of halogens is 2. The van der Waals surface area contributed by atoms with Crippen LogP contribution in [-0.2, 0) is 14.8 Å². The van der Waals surface area contributed by atoms with Gasteiger partial charge in [-0.2, -0.15) is 0 Å². The second-order valence-corrected chi connectivity index (χ2v) is 7.93. The maximum Gasteiger partial charge on any atom is 0.245 e. The molecule has 25 heavy (non-hydrogen) atoms. The average Bonchev–Trinajstić information content (AvgIpc) is 2.55. The van der Waals surface area contributed by atoms with Gasteiger partial charge in [0.15, 0.2) is 11.6 Å². The van der Waals surface area contributed by atoms with Crippen LogP contribution in [0.5, 0.6) is 0 Å². The third-order valence-electron chi connectivity index (χ3n) is 3.23. The summed E-state index contributed by atoms with van der Waals surface area (Å²) in [6.45, 7) is -0.490. The van der Waals surface area contributed by atoms with Gasteiger partial charge >= 0.3 is 0 Å². The standard InChI is InChI=1S/C16H16F2N2O3S2/c1-24-13-5-3-4-12(9-13)20(25(2,22)23)10-16(21)19-11-6-7-14(17)15(18)8-11/h3-9H,10H2,1-2H3,(H,19,21). The first kappa shape index (κ1) is 19.2. The van der Waals surface area contributed by atoms with Crippen LogP contribution in [0, 0.1) is 11.6 Å². The van der Waals surface area contributed by atoms with Crippen molar-refractivity contribution < 1.29 is 22.0 Å². The Bertz CT molecular complexity index is 889. The fourth-order valence-electron chi connectivity index (χ4n) is 2.07. The van der Waals surface area contributed by atoms with E-state index in [4.69, 9.17) is 0 Å². The molecule has 2 aromatic carbocycles. The number of rotatable bonds is 6. The summed E-state index contributed by atoms with van der Waals surface area (Å²) in [5, 5.41) is 2.35. The number of thioether (sulfide) groups is 1. The van der Waals surface area contributed by atoms with Gasteiger partial charge in [-0.1, -0.05) is 6.07 Å². The minimum Gasteiger partial charge on any atom is -0.324 e. The number of nitrogens with zero attached hydrogens (tertiary/aromatic N) is 1. The van der Waals surface area contributed by atoms with Crippen LogP contribution < -0.4 is 9.62 Å². The van der Waals surface area contributed by atoms with Crippen LogP contribution in [0.3, 0.4) is 0 Å². The Hall–Kier alpha value is -2.13. The molecule has 0 aromatic heterocycles. The lowest BCUT2D eigenvalue weighted by molar-refractivity contribution is -0.114. The van der Waals surface area contributed by atoms with E-state index >= 15 is 0 Å². The minimum absolute atomic E-state index is 0.0372. The van der Waals surface area contributed by atoms with Crippen molar-refractivity contribution in [3.63, 3.8) is 0 Å². The predicted molar refractivity (Wildman–Crippen MR) is 95.4 cm³/mol. The molecule has 1 amide bonds. The van der Waals surface area contributed by atoms with Crippen LogP contribution in [0.4, 0.5) is 20.2 Å². The van der Waals surface area contributed by atoms with Gasteiger partial charge in [-0.25, -0.2) is 17.2 Å². The van der Waals surface area contributed by atoms with E-state index in [-0.39, 0.29) is 5.69 Å². The van der Waals surface area contributed by atoms with Crippen LogP contribution in [0.2, 0.25) is 0 Å². The third-order valence-corrected chi connectivity index (χ3v) is 5.10. The molecule has 0 saturated carbocycles. The second kappa shape index (κ2) is 7.83. The first-order valence-corrected chi connectivity index (χ1v) is 10.1. The van der Waals surface area contributed by atoms with Crippen LogP contribution >= 0.6 is 11.8 Å². The summed E-state index contributed by atoms with van der Waals surface area (Å²) in [4.78, 5) is 13.0. The van der Waals surface area contributed by atoms with Crippen LogP contribution in [-0.4, -0.2) is 33.4 Å². The quantitative estimate of drug-likeness (QED) is 0.775. The number of carbonyl (C=O) groups excluding carboxylic acids is 1. The highest BCUT2D eigenvalue weighted by Crippen LogP contribution is 2.24. The second-order valence-electron chi connectivity index (χ2n) is 5.15. The highest BCUT2D eigenvalue weighted by atomic mass is 32.2. The summed E-state index contributed by atoms with van der Waals surface area (Å²) < 4.78 is 51.2. The van der Waals surface area contributed by atoms with Crippen molar-refractivity contribution >= 4 is 39.1 Å². The molecule has 0 heterocycles. The van der Waals surface area contributed by atoms with E-state index in [2.05, 4.69) is 5.32 Å². The van der Waals surface area contributed by atoms with E-state index in [1.807, 2.05) is 12.3 Å². The Labute approximate surface area is 149 Å². The number of hydrogen-bond acceptors (Lipinski definition) is 4. The summed E-state index contributed by atoms with van der Waals surface area (Å²) >= 11 is 1.44. The van der Waals surface area contributed by atoms with Gasteiger partial charge in [-0.3, -0.25) is 9.10 Å². The van der Waals surface area contributed by atoms with Crippen molar-refractivity contribution in [1.29, 1.82) is 0 Å². The van der Waals surface area contributed by atoms with Gasteiger partial charge in [-0.15, -0.1) is 11.8 Å². The summed E-state index contributed by atoms with van der Waals surface area (Å²) in [5.74, 6) is -2.82. The average molecular weight is 386 g/mol. The molecule has 2 rings (SSSR count). The lowest BCUT2D eigenvalue weighted by Gasteiger charge is -2.22. The lowest BCUT2D eigenvalue weighted by atomic mass is 10.3. The summed E-state index contributed by atoms with van der Waals surface area (Å²) in [6.07, 6.45) is 2.84. The molecule has 0 unspecified atom stereocenters. The number of hydrogen-bond donors (Lipinski definition) is 1. The van der Waals surface area contributed by atoms with Crippen molar-refractivity contribution in [3.8, 4) is 0 Å². The maximum atomic E-state index is 13.2. The molecule has 0 spiro atoms. The molecule has 2 aromatic rings. The van der Waals surface area contributed by atoms with Crippen molar-refractivity contribution in [1.82, 2.24) is 0 Å². The predicted octanol–water partition coefficient (Wildman–Crippen LogP) is 3.09. The molecule has 0 bridgehead atoms. The first-order chi connectivity index (χ1) is 11.7. The van der Waals surface area contributed by atoms with Gasteiger partial charge in [-0.05, 0) is 36.6 Å². The Morgan fingerprint density at radius 3 is 2.48 bits per heavy atom. The number of carbonyl (C=O) groups is 1. The van der Waals surface area contributed by atoms with Crippen LogP contribution in [0.15, 0.2) is 47.4 Å². The van der Waals surface area contributed by atoms with E-state index in [1.165, 1.54) is 17.8 Å². The van der Waals surface area contributed by atoms with Crippen LogP contribution in [0.25, 0.3) is 0 Å². The van der Waals surface area contributed by atoms with Gasteiger partial charge < -0.3 is 5.32 Å². The van der Waals surface area contributed by atoms with Crippen molar-refractivity contribution in [2.24, 2.45) is 0 Å². The number of nitrogens with one attached hydrogen (secondary N) is 1. The zero-order chi connectivity index (χ0) is 18.6. The van der Waals surface area contributed by atoms with Crippen molar-refractivity contribution in [3.05, 3.63) is 54.1 Å². The van der Waals surface area contributed by atoms with E-state index < -0.39 is 34.1 Å². The molecule has 0 radical (unpaired) electrons. The Kier molecular flexibility index (Phi) is 6.02. The third kappa shape index (κ3) is 5.17. The molecule has 9 heteroatoms. The maximum absolute atomic E-state index is 13.2. The molecule has 0 atom stereocenters. The molecular formula is C16H16F2N2O3S2. The first-order valence-electron chi connectivity index (χ1n) is 7.07. The Balaban J connectivity index is 2.22. The molecule has 0 aliphatic carbocycles. The highest BCUT2D eigenvalue weighted by molar-refractivity contribution is 7.98. The van der Waals surface area contributed by atoms with E-state index in [0.29, 0.717) is 5.69 Å². The van der Waals surface area contributed by atoms with Gasteiger partial charge in [0.1, 0.15) is 6.54 Å². The molecule has 1 N–H and O–H groups in total. The minimum atomic E-state index is -3.72. The molecule has 134 valence electrons. The normalized spacial score (nSPS) is 11.2. The van der Waals surface area contributed by atoms with Gasteiger partial charge in [0.2, 0.25) is 15.9 Å². The summed E-state index contributed by atoms with van der Waals surface area (Å²) in [5.41, 5.74) is 0.380. The molecule has 0 saturated heterocycles. The topological polar surface area (TPSA) is 66.5 Å². The Morgan fingerprint density at radius 2 is 1.88 bits per heavy atom. The summed E-state index contributed by atoms with van der Waals surface area (Å²) in [7, 11) is -3.72. The Morgan fingerprint density at radius 1 is 1.16 bits per heavy atom. The highest BCUT2D eigenvalue weighted by Gasteiger charge is 2.21. The van der Waals surface area contributed by atoms with E-state index in [0.717, 1.165) is 27.6 Å². The smallest absolute Gasteiger partial charge is 0.245 e. The fourth-order valence-corrected chi connectivity index (χ4v) is 3.37. The van der Waals surface area contributed by atoms with E-state index in [9.17, 15) is 22.0 Å². The molecule has 0 aliphatic rings. The zero-order valence-electron chi connectivity index (χ0n) is 13.5. The number of benzene rings is 2. The monoisotopic (exact) mass is 386 g/mol. The largest absolute Gasteiger partial charge is 0.324 e. The van der Waals surface area contributed by atoms with E-state index in [1.54, 1.807) is 18.2 Å². The van der Waals surface area contributed by atoms with Crippen molar-refractivity contribution in [2.45, 2.75) is 4.90 Å². The fraction of sp³-hybridized carbons (Fsp3) is 0.188. The van der Waals surface area contributed by atoms with Crippen molar-refractivity contribution in [2.75, 3.05) is 28.7 Å². The van der Waals surface area contributed by atoms with Gasteiger partial charge in [0, 0.05) is 16.6 Å². The zero-order valence-corrected chi connectivity index (χ0v) is 15.1. The number of anilines is 2. The van der Waals surface area contributed by atoms with Gasteiger partial charge in [0.05, 0.1) is 11.9 Å². The molecule has 5 nitrogen and oxygen atoms in total. The number of sulfonamides is 1. The van der Waals surface area contributed by atoms with Crippen LogP contribution in [0.1, 0.15) is 0 Å². The van der Waals surface area contributed by atoms with Gasteiger partial charge in [0.25, 0.3) is 0 Å². The molecular weight excluding hydrogens is 370 g/mol. The molecule has 0 fully saturated rings. The SMILES string of the molecule is CSc1cccc(N(CC(=O)Nc2ccc(F)c(F)c2)S(C)(=O)=O)c1. The summed E-state index contributed by atoms with van der Waals surface area (Å²) in [6, 6.07) is 9.62. The lowest BCUT2D eigenvalue weighted by Crippen LogP contribution is -2.37. The molecule has 0 aliphatic heterocycles.